The van der Waals surface area contributed by atoms with Gasteiger partial charge >= 0.3 is 6.09 Å². The fourth-order valence-corrected chi connectivity index (χ4v) is 6.17. The van der Waals surface area contributed by atoms with Crippen molar-refractivity contribution in [1.82, 2.24) is 20.5 Å². The van der Waals surface area contributed by atoms with Crippen LogP contribution in [0.1, 0.15) is 48.1 Å². The largest absolute Gasteiger partial charge is 0.445 e. The van der Waals surface area contributed by atoms with E-state index in [2.05, 4.69) is 101 Å². The minimum Gasteiger partial charge on any atom is -0.445 e. The summed E-state index contributed by atoms with van der Waals surface area (Å²) in [4.78, 5) is 38.4. The number of carbonyl (C=O) groups excluding carboxylic acids is 3. The lowest BCUT2D eigenvalue weighted by atomic mass is 10.0. The third-order valence-electron chi connectivity index (χ3n) is 8.60. The number of amides is 3. The van der Waals surface area contributed by atoms with E-state index in [9.17, 15) is 14.4 Å². The molecule has 1 aromatic heterocycles. The van der Waals surface area contributed by atoms with Crippen molar-refractivity contribution in [3.05, 3.63) is 131 Å². The fraction of sp³-hybridized carbons (Fsp3) is 0.293. The summed E-state index contributed by atoms with van der Waals surface area (Å²) in [5, 5.41) is 9.52. The summed E-state index contributed by atoms with van der Waals surface area (Å²) in [6.07, 6.45) is 0.364. The highest BCUT2D eigenvalue weighted by Crippen LogP contribution is 2.35. The Bertz CT molecular complexity index is 1880. The van der Waals surface area contributed by atoms with E-state index >= 15 is 0 Å². The number of ether oxygens (including phenoxy) is 1. The molecule has 0 unspecified atom stereocenters. The van der Waals surface area contributed by atoms with Crippen LogP contribution >= 0.6 is 0 Å². The van der Waals surface area contributed by atoms with Crippen molar-refractivity contribution in [3.63, 3.8) is 0 Å². The number of carbonyl (C=O) groups is 3. The molecule has 0 radical (unpaired) electrons. The molecule has 8 heteroatoms. The second-order valence-electron chi connectivity index (χ2n) is 12.9. The van der Waals surface area contributed by atoms with Gasteiger partial charge in [0.05, 0.1) is 5.69 Å². The molecule has 0 spiro atoms. The van der Waals surface area contributed by atoms with Crippen molar-refractivity contribution in [2.75, 3.05) is 13.1 Å². The topological polar surface area (TPSA) is 101 Å². The molecule has 0 aliphatic carbocycles. The first-order valence-electron chi connectivity index (χ1n) is 16.9. The highest BCUT2D eigenvalue weighted by atomic mass is 16.5. The Balaban J connectivity index is 1.28. The smallest absolute Gasteiger partial charge is 0.407 e. The van der Waals surface area contributed by atoms with Crippen LogP contribution in [0.3, 0.4) is 0 Å². The van der Waals surface area contributed by atoms with Gasteiger partial charge < -0.3 is 25.3 Å². The van der Waals surface area contributed by atoms with Crippen molar-refractivity contribution in [2.24, 2.45) is 5.92 Å². The van der Waals surface area contributed by atoms with Crippen molar-refractivity contribution >= 4 is 28.8 Å². The van der Waals surface area contributed by atoms with E-state index in [0.717, 1.165) is 39.8 Å². The number of benzene rings is 4. The lowest BCUT2D eigenvalue weighted by molar-refractivity contribution is -0.128. The Hall–Kier alpha value is -5.37. The minimum absolute atomic E-state index is 0.100. The summed E-state index contributed by atoms with van der Waals surface area (Å²) >= 11 is 0. The summed E-state index contributed by atoms with van der Waals surface area (Å²) in [6.45, 7) is 9.20. The lowest BCUT2D eigenvalue weighted by Crippen LogP contribution is -2.50. The van der Waals surface area contributed by atoms with E-state index in [4.69, 9.17) is 4.74 Å². The fourth-order valence-electron chi connectivity index (χ4n) is 6.17. The molecule has 0 saturated carbocycles. The Morgan fingerprint density at radius 2 is 1.51 bits per heavy atom. The van der Waals surface area contributed by atoms with Gasteiger partial charge in [0.25, 0.3) is 0 Å². The predicted octanol–water partition coefficient (Wildman–Crippen LogP) is 7.09. The molecule has 0 saturated heterocycles. The molecule has 0 aliphatic rings. The van der Waals surface area contributed by atoms with Gasteiger partial charge in [-0.1, -0.05) is 116 Å². The van der Waals surface area contributed by atoms with Gasteiger partial charge in [-0.25, -0.2) is 4.79 Å². The number of nitrogens with one attached hydrogen (secondary N) is 3. The van der Waals surface area contributed by atoms with Crippen LogP contribution in [0.2, 0.25) is 0 Å². The van der Waals surface area contributed by atoms with Gasteiger partial charge in [0.15, 0.2) is 0 Å². The summed E-state index contributed by atoms with van der Waals surface area (Å²) in [5.41, 5.74) is 9.14. The van der Waals surface area contributed by atoms with Crippen LogP contribution in [-0.4, -0.2) is 41.6 Å². The molecule has 4 aromatic carbocycles. The first-order chi connectivity index (χ1) is 23.7. The summed E-state index contributed by atoms with van der Waals surface area (Å²) in [7, 11) is 0. The van der Waals surface area contributed by atoms with Gasteiger partial charge in [-0.2, -0.15) is 0 Å². The first kappa shape index (κ1) is 35.0. The van der Waals surface area contributed by atoms with Crippen LogP contribution in [-0.2, 0) is 33.9 Å². The summed E-state index contributed by atoms with van der Waals surface area (Å²) in [6, 6.07) is 34.0. The van der Waals surface area contributed by atoms with Crippen molar-refractivity contribution in [3.8, 4) is 11.3 Å². The molecule has 3 amide bonds. The van der Waals surface area contributed by atoms with Crippen LogP contribution in [0, 0.1) is 19.8 Å². The van der Waals surface area contributed by atoms with E-state index < -0.39 is 18.0 Å². The van der Waals surface area contributed by atoms with Gasteiger partial charge in [0, 0.05) is 24.0 Å². The highest BCUT2D eigenvalue weighted by Gasteiger charge is 2.23. The van der Waals surface area contributed by atoms with E-state index in [1.807, 2.05) is 50.2 Å². The number of alkyl carbamates (subject to hydrolysis) is 1. The second-order valence-corrected chi connectivity index (χ2v) is 12.9. The van der Waals surface area contributed by atoms with Gasteiger partial charge in [-0.3, -0.25) is 9.59 Å². The van der Waals surface area contributed by atoms with E-state index in [0.29, 0.717) is 19.4 Å². The molecule has 1 heterocycles. The first-order valence-corrected chi connectivity index (χ1v) is 16.9. The average Bonchev–Trinajstić information content (AvgIpc) is 3.41. The van der Waals surface area contributed by atoms with Gasteiger partial charge in [0.2, 0.25) is 11.8 Å². The number of aromatic nitrogens is 1. The standard InChI is InChI=1S/C41H46N4O4/c1-28(2)23-36(44-38(46)25-43-41(48)49-27-31-13-7-5-8-14-31)40(47)42-22-21-35-34-17-11-12-18-37(34)45(39(35)32-15-9-6-10-16-32)26-33-24-29(3)19-20-30(33)4/h5-20,24,28,36H,21-23,25-27H2,1-4H3,(H,42,47)(H,43,48)(H,44,46)/t36-/m0/s1. The summed E-state index contributed by atoms with van der Waals surface area (Å²) in [5.74, 6) is -0.556. The van der Waals surface area contributed by atoms with Gasteiger partial charge in [0.1, 0.15) is 19.2 Å². The zero-order chi connectivity index (χ0) is 34.8. The number of hydrogen-bond donors (Lipinski definition) is 3. The van der Waals surface area contributed by atoms with Crippen molar-refractivity contribution in [2.45, 2.75) is 59.7 Å². The zero-order valence-corrected chi connectivity index (χ0v) is 28.8. The molecule has 0 fully saturated rings. The number of rotatable bonds is 14. The third-order valence-corrected chi connectivity index (χ3v) is 8.60. The molecule has 254 valence electrons. The lowest BCUT2D eigenvalue weighted by Gasteiger charge is -2.20. The maximum atomic E-state index is 13.5. The quantitative estimate of drug-likeness (QED) is 0.119. The van der Waals surface area contributed by atoms with Gasteiger partial charge in [-0.15, -0.1) is 0 Å². The summed E-state index contributed by atoms with van der Waals surface area (Å²) < 4.78 is 7.59. The molecule has 49 heavy (non-hydrogen) atoms. The van der Waals surface area contributed by atoms with E-state index in [-0.39, 0.29) is 25.0 Å². The monoisotopic (exact) mass is 658 g/mol. The Morgan fingerprint density at radius 1 is 0.816 bits per heavy atom. The number of hydrogen-bond acceptors (Lipinski definition) is 4. The number of nitrogens with zero attached hydrogens (tertiary/aromatic N) is 1. The van der Waals surface area contributed by atoms with Crippen LogP contribution in [0.5, 0.6) is 0 Å². The Morgan fingerprint density at radius 3 is 2.24 bits per heavy atom. The van der Waals surface area contributed by atoms with Crippen molar-refractivity contribution in [1.29, 1.82) is 0 Å². The van der Waals surface area contributed by atoms with Crippen molar-refractivity contribution < 1.29 is 19.1 Å². The molecular formula is C41H46N4O4. The third kappa shape index (κ3) is 9.38. The minimum atomic E-state index is -0.742. The molecule has 5 aromatic rings. The Labute approximate surface area is 288 Å². The van der Waals surface area contributed by atoms with Gasteiger partial charge in [-0.05, 0) is 66.5 Å². The molecular weight excluding hydrogens is 612 g/mol. The average molecular weight is 659 g/mol. The molecule has 1 atom stereocenters. The highest BCUT2D eigenvalue weighted by molar-refractivity contribution is 5.92. The van der Waals surface area contributed by atoms with Crippen LogP contribution < -0.4 is 16.0 Å². The molecule has 8 nitrogen and oxygen atoms in total. The predicted molar refractivity (Wildman–Crippen MR) is 195 cm³/mol. The maximum absolute atomic E-state index is 13.5. The zero-order valence-electron chi connectivity index (χ0n) is 28.8. The number of para-hydroxylation sites is 1. The number of aryl methyl sites for hydroxylation is 2. The number of fused-ring (bicyclic) bond motifs is 1. The molecule has 0 aliphatic heterocycles. The second kappa shape index (κ2) is 16.6. The maximum Gasteiger partial charge on any atom is 0.407 e. The van der Waals surface area contributed by atoms with Crippen LogP contribution in [0.25, 0.3) is 22.2 Å². The molecule has 5 rings (SSSR count). The Kier molecular flexibility index (Phi) is 11.9. The SMILES string of the molecule is Cc1ccc(C)c(Cn2c(-c3ccccc3)c(CCNC(=O)[C@H](CC(C)C)NC(=O)CNC(=O)OCc3ccccc3)c3ccccc32)c1. The van der Waals surface area contributed by atoms with E-state index in [1.165, 1.54) is 16.7 Å². The van der Waals surface area contributed by atoms with E-state index in [1.54, 1.807) is 0 Å². The molecule has 3 N–H and O–H groups in total. The van der Waals surface area contributed by atoms with Crippen LogP contribution in [0.15, 0.2) is 103 Å². The van der Waals surface area contributed by atoms with Crippen LogP contribution in [0.4, 0.5) is 4.79 Å². The molecule has 0 bridgehead atoms. The normalized spacial score (nSPS) is 11.7.